The molecule has 0 saturated heterocycles. The molecule has 0 aliphatic rings. The first-order valence-electron chi connectivity index (χ1n) is 7.03. The van der Waals surface area contributed by atoms with Crippen LogP contribution in [-0.2, 0) is 13.1 Å². The van der Waals surface area contributed by atoms with Gasteiger partial charge in [-0.15, -0.1) is 0 Å². The van der Waals surface area contributed by atoms with Gasteiger partial charge >= 0.3 is 0 Å². The molecule has 4 nitrogen and oxygen atoms in total. The minimum atomic E-state index is -0.324. The second-order valence-corrected chi connectivity index (χ2v) is 5.27. The van der Waals surface area contributed by atoms with Crippen LogP contribution in [-0.4, -0.2) is 27.5 Å². The molecule has 0 radical (unpaired) electrons. The number of hydrogen-bond donors (Lipinski definition) is 2. The summed E-state index contributed by atoms with van der Waals surface area (Å²) in [7, 11) is 0. The Morgan fingerprint density at radius 1 is 1.25 bits per heavy atom. The largest absolute Gasteiger partial charge is 0.392 e. The maximum Gasteiger partial charge on any atom is 0.0662 e. The average Bonchev–Trinajstić information content (AvgIpc) is 2.67. The number of benzene rings is 1. The first-order chi connectivity index (χ1) is 9.58. The van der Waals surface area contributed by atoms with Gasteiger partial charge in [0.1, 0.15) is 0 Å². The van der Waals surface area contributed by atoms with Crippen LogP contribution in [0.3, 0.4) is 0 Å². The van der Waals surface area contributed by atoms with Gasteiger partial charge in [0.15, 0.2) is 0 Å². The molecule has 0 bridgehead atoms. The molecule has 1 aromatic carbocycles. The molecule has 0 saturated carbocycles. The van der Waals surface area contributed by atoms with E-state index in [1.54, 1.807) is 6.92 Å². The highest BCUT2D eigenvalue weighted by Gasteiger charge is 2.11. The summed E-state index contributed by atoms with van der Waals surface area (Å²) in [4.78, 5) is 0. The van der Waals surface area contributed by atoms with Crippen molar-refractivity contribution in [1.82, 2.24) is 15.1 Å². The molecule has 1 unspecified atom stereocenters. The Labute approximate surface area is 120 Å². The zero-order valence-electron chi connectivity index (χ0n) is 12.4. The predicted octanol–water partition coefficient (Wildman–Crippen LogP) is 2.02. The fourth-order valence-electron chi connectivity index (χ4n) is 2.31. The number of rotatable bonds is 6. The van der Waals surface area contributed by atoms with E-state index in [0.29, 0.717) is 6.54 Å². The third-order valence-electron chi connectivity index (χ3n) is 3.45. The summed E-state index contributed by atoms with van der Waals surface area (Å²) < 4.78 is 2.05. The van der Waals surface area contributed by atoms with E-state index in [1.807, 2.05) is 29.8 Å². The van der Waals surface area contributed by atoms with Crippen LogP contribution in [0, 0.1) is 13.8 Å². The minimum absolute atomic E-state index is 0.324. The molecule has 1 aromatic heterocycles. The van der Waals surface area contributed by atoms with Crippen molar-refractivity contribution in [3.63, 3.8) is 0 Å². The summed E-state index contributed by atoms with van der Waals surface area (Å²) in [5, 5.41) is 17.2. The standard InChI is InChI=1S/C16H23N3O/c1-12(20)9-17-10-16-13(2)18-19(14(16)3)11-15-7-5-4-6-8-15/h4-8,12,17,20H,9-11H2,1-3H3. The summed E-state index contributed by atoms with van der Waals surface area (Å²) in [5.41, 5.74) is 4.71. The summed E-state index contributed by atoms with van der Waals surface area (Å²) >= 11 is 0. The zero-order chi connectivity index (χ0) is 14.5. The lowest BCUT2D eigenvalue weighted by Gasteiger charge is -2.08. The quantitative estimate of drug-likeness (QED) is 0.846. The first kappa shape index (κ1) is 14.8. The maximum atomic E-state index is 9.29. The SMILES string of the molecule is Cc1nn(Cc2ccccc2)c(C)c1CNCC(C)O. The van der Waals surface area contributed by atoms with E-state index in [9.17, 15) is 5.11 Å². The highest BCUT2D eigenvalue weighted by molar-refractivity contribution is 5.25. The van der Waals surface area contributed by atoms with Crippen LogP contribution in [0.25, 0.3) is 0 Å². The molecule has 0 fully saturated rings. The van der Waals surface area contributed by atoms with Gasteiger partial charge < -0.3 is 10.4 Å². The molecule has 2 rings (SSSR count). The van der Waals surface area contributed by atoms with Crippen LogP contribution in [0.2, 0.25) is 0 Å². The zero-order valence-corrected chi connectivity index (χ0v) is 12.4. The van der Waals surface area contributed by atoms with Gasteiger partial charge in [-0.1, -0.05) is 30.3 Å². The normalized spacial score (nSPS) is 12.6. The fourth-order valence-corrected chi connectivity index (χ4v) is 2.31. The van der Waals surface area contributed by atoms with E-state index in [-0.39, 0.29) is 6.10 Å². The van der Waals surface area contributed by atoms with Gasteiger partial charge in [-0.05, 0) is 26.3 Å². The smallest absolute Gasteiger partial charge is 0.0662 e. The van der Waals surface area contributed by atoms with E-state index in [4.69, 9.17) is 0 Å². The van der Waals surface area contributed by atoms with E-state index >= 15 is 0 Å². The number of hydrogen-bond acceptors (Lipinski definition) is 3. The van der Waals surface area contributed by atoms with Crippen LogP contribution in [0.1, 0.15) is 29.4 Å². The Hall–Kier alpha value is -1.65. The highest BCUT2D eigenvalue weighted by atomic mass is 16.3. The molecule has 1 heterocycles. The second-order valence-electron chi connectivity index (χ2n) is 5.27. The molecule has 1 atom stereocenters. The van der Waals surface area contributed by atoms with E-state index in [0.717, 1.165) is 18.8 Å². The van der Waals surface area contributed by atoms with Crippen molar-refractivity contribution < 1.29 is 5.11 Å². The van der Waals surface area contributed by atoms with Crippen LogP contribution in [0.5, 0.6) is 0 Å². The molecule has 4 heteroatoms. The van der Waals surface area contributed by atoms with E-state index in [2.05, 4.69) is 29.5 Å². The lowest BCUT2D eigenvalue weighted by atomic mass is 10.2. The molecule has 20 heavy (non-hydrogen) atoms. The van der Waals surface area contributed by atoms with Crippen molar-refractivity contribution in [3.05, 3.63) is 52.8 Å². The van der Waals surface area contributed by atoms with Crippen molar-refractivity contribution in [2.24, 2.45) is 0 Å². The molecule has 108 valence electrons. The molecule has 0 aliphatic carbocycles. The number of nitrogens with zero attached hydrogens (tertiary/aromatic N) is 2. The molecule has 0 aliphatic heterocycles. The third kappa shape index (κ3) is 3.68. The third-order valence-corrected chi connectivity index (χ3v) is 3.45. The number of aliphatic hydroxyl groups excluding tert-OH is 1. The Morgan fingerprint density at radius 3 is 2.60 bits per heavy atom. The summed E-state index contributed by atoms with van der Waals surface area (Å²) in [6.07, 6.45) is -0.324. The number of nitrogens with one attached hydrogen (secondary N) is 1. The Balaban J connectivity index is 2.08. The fraction of sp³-hybridized carbons (Fsp3) is 0.438. The number of aliphatic hydroxyl groups is 1. The van der Waals surface area contributed by atoms with Crippen molar-refractivity contribution in [1.29, 1.82) is 0 Å². The summed E-state index contributed by atoms with van der Waals surface area (Å²) in [6, 6.07) is 10.3. The van der Waals surface area contributed by atoms with Gasteiger partial charge in [0, 0.05) is 24.3 Å². The lowest BCUT2D eigenvalue weighted by Crippen LogP contribution is -2.24. The highest BCUT2D eigenvalue weighted by Crippen LogP contribution is 2.14. The van der Waals surface area contributed by atoms with Crippen LogP contribution < -0.4 is 5.32 Å². The molecular weight excluding hydrogens is 250 g/mol. The monoisotopic (exact) mass is 273 g/mol. The molecule has 0 amide bonds. The molecule has 0 spiro atoms. The van der Waals surface area contributed by atoms with E-state index < -0.39 is 0 Å². The van der Waals surface area contributed by atoms with Gasteiger partial charge in [-0.2, -0.15) is 5.10 Å². The second kappa shape index (κ2) is 6.68. The van der Waals surface area contributed by atoms with Crippen molar-refractivity contribution in [3.8, 4) is 0 Å². The summed E-state index contributed by atoms with van der Waals surface area (Å²) in [5.74, 6) is 0. The number of aryl methyl sites for hydroxylation is 1. The van der Waals surface area contributed by atoms with Crippen molar-refractivity contribution in [2.75, 3.05) is 6.54 Å². The van der Waals surface area contributed by atoms with Crippen LogP contribution in [0.4, 0.5) is 0 Å². The van der Waals surface area contributed by atoms with Gasteiger partial charge in [-0.25, -0.2) is 0 Å². The lowest BCUT2D eigenvalue weighted by molar-refractivity contribution is 0.191. The predicted molar refractivity (Wildman–Crippen MR) is 80.6 cm³/mol. The van der Waals surface area contributed by atoms with Gasteiger partial charge in [0.2, 0.25) is 0 Å². The van der Waals surface area contributed by atoms with Crippen LogP contribution >= 0.6 is 0 Å². The van der Waals surface area contributed by atoms with Crippen molar-refractivity contribution >= 4 is 0 Å². The van der Waals surface area contributed by atoms with E-state index in [1.165, 1.54) is 16.8 Å². The molecule has 2 N–H and O–H groups in total. The van der Waals surface area contributed by atoms with Gasteiger partial charge in [-0.3, -0.25) is 4.68 Å². The average molecular weight is 273 g/mol. The van der Waals surface area contributed by atoms with Crippen LogP contribution in [0.15, 0.2) is 30.3 Å². The first-order valence-corrected chi connectivity index (χ1v) is 7.03. The Kier molecular flexibility index (Phi) is 4.93. The van der Waals surface area contributed by atoms with Crippen molar-refractivity contribution in [2.45, 2.75) is 40.0 Å². The van der Waals surface area contributed by atoms with Gasteiger partial charge in [0.25, 0.3) is 0 Å². The topological polar surface area (TPSA) is 50.1 Å². The number of aromatic nitrogens is 2. The molecular formula is C16H23N3O. The minimum Gasteiger partial charge on any atom is -0.392 e. The van der Waals surface area contributed by atoms with Gasteiger partial charge in [0.05, 0.1) is 18.3 Å². The Morgan fingerprint density at radius 2 is 1.95 bits per heavy atom. The maximum absolute atomic E-state index is 9.29. The summed E-state index contributed by atoms with van der Waals surface area (Å²) in [6.45, 7) is 8.06. The Bertz CT molecular complexity index is 546. The molecule has 2 aromatic rings.